The maximum Gasteiger partial charge on any atom is 0.0826 e. The second kappa shape index (κ2) is 5.91. The van der Waals surface area contributed by atoms with Crippen molar-refractivity contribution < 1.29 is 4.74 Å². The minimum Gasteiger partial charge on any atom is -0.374 e. The Labute approximate surface area is 110 Å². The summed E-state index contributed by atoms with van der Waals surface area (Å²) >= 11 is 2.08. The molecule has 17 heavy (non-hydrogen) atoms. The van der Waals surface area contributed by atoms with Crippen LogP contribution >= 0.6 is 11.8 Å². The monoisotopic (exact) mass is 258 g/mol. The van der Waals surface area contributed by atoms with Crippen molar-refractivity contribution in [2.45, 2.75) is 32.4 Å². The van der Waals surface area contributed by atoms with Gasteiger partial charge in [0.1, 0.15) is 0 Å². The first-order valence-electron chi connectivity index (χ1n) is 6.66. The van der Waals surface area contributed by atoms with Crippen LogP contribution in [0.3, 0.4) is 0 Å². The second-order valence-electron chi connectivity index (χ2n) is 6.24. The number of thioether (sulfide) groups is 1. The Kier molecular flexibility index (Phi) is 4.75. The summed E-state index contributed by atoms with van der Waals surface area (Å²) in [6.07, 6.45) is 1.67. The van der Waals surface area contributed by atoms with Crippen molar-refractivity contribution in [1.29, 1.82) is 0 Å². The van der Waals surface area contributed by atoms with Crippen LogP contribution in [0.4, 0.5) is 0 Å². The number of nitrogens with zero attached hydrogens (tertiary/aromatic N) is 1. The first kappa shape index (κ1) is 13.7. The van der Waals surface area contributed by atoms with Crippen LogP contribution in [-0.4, -0.2) is 61.8 Å². The highest BCUT2D eigenvalue weighted by atomic mass is 32.2. The number of nitrogens with one attached hydrogen (secondary N) is 1. The van der Waals surface area contributed by atoms with Crippen molar-refractivity contribution in [2.75, 3.05) is 44.8 Å². The van der Waals surface area contributed by atoms with Crippen LogP contribution in [0.25, 0.3) is 0 Å². The number of likely N-dealkylation sites (N-methyl/N-ethyl adjacent to an activating group) is 1. The van der Waals surface area contributed by atoms with Crippen LogP contribution in [0.15, 0.2) is 0 Å². The molecule has 0 spiro atoms. The van der Waals surface area contributed by atoms with E-state index < -0.39 is 0 Å². The van der Waals surface area contributed by atoms with Crippen LogP contribution in [-0.2, 0) is 4.74 Å². The molecule has 2 atom stereocenters. The number of rotatable bonds is 3. The molecule has 0 radical (unpaired) electrons. The van der Waals surface area contributed by atoms with E-state index in [1.165, 1.54) is 17.9 Å². The predicted octanol–water partition coefficient (Wildman–Crippen LogP) is 1.44. The van der Waals surface area contributed by atoms with Crippen molar-refractivity contribution in [3.05, 3.63) is 0 Å². The lowest BCUT2D eigenvalue weighted by molar-refractivity contribution is -0.0194. The molecule has 2 saturated heterocycles. The summed E-state index contributed by atoms with van der Waals surface area (Å²) in [6.45, 7) is 8.77. The molecule has 100 valence electrons. The van der Waals surface area contributed by atoms with E-state index in [9.17, 15) is 0 Å². The van der Waals surface area contributed by atoms with Crippen molar-refractivity contribution in [2.24, 2.45) is 5.41 Å². The Bertz CT molecular complexity index is 248. The van der Waals surface area contributed by atoms with Gasteiger partial charge in [0.05, 0.1) is 12.7 Å². The van der Waals surface area contributed by atoms with Crippen molar-refractivity contribution in [1.82, 2.24) is 10.2 Å². The highest BCUT2D eigenvalue weighted by Crippen LogP contribution is 2.33. The summed E-state index contributed by atoms with van der Waals surface area (Å²) in [7, 11) is 2.18. The largest absolute Gasteiger partial charge is 0.374 e. The maximum absolute atomic E-state index is 5.78. The van der Waals surface area contributed by atoms with Crippen LogP contribution in [0.5, 0.6) is 0 Å². The van der Waals surface area contributed by atoms with Crippen LogP contribution in [0.1, 0.15) is 20.3 Å². The van der Waals surface area contributed by atoms with Gasteiger partial charge in [-0.2, -0.15) is 11.8 Å². The Morgan fingerprint density at radius 1 is 1.47 bits per heavy atom. The third-order valence-electron chi connectivity index (χ3n) is 3.59. The zero-order valence-electron chi connectivity index (χ0n) is 11.4. The van der Waals surface area contributed by atoms with E-state index in [1.54, 1.807) is 0 Å². The van der Waals surface area contributed by atoms with Gasteiger partial charge in [-0.25, -0.2) is 0 Å². The lowest BCUT2D eigenvalue weighted by Crippen LogP contribution is -2.49. The second-order valence-corrected chi connectivity index (χ2v) is 7.27. The summed E-state index contributed by atoms with van der Waals surface area (Å²) in [6, 6.07) is 0.666. The number of morpholine rings is 1. The molecule has 0 aromatic carbocycles. The van der Waals surface area contributed by atoms with E-state index in [0.29, 0.717) is 17.6 Å². The molecule has 1 N–H and O–H groups in total. The summed E-state index contributed by atoms with van der Waals surface area (Å²) < 4.78 is 5.78. The highest BCUT2D eigenvalue weighted by Gasteiger charge is 2.29. The Morgan fingerprint density at radius 3 is 3.00 bits per heavy atom. The SMILES string of the molecule is CN1CCOC(CNC2CSCC(C)(C)C2)C1. The van der Waals surface area contributed by atoms with Crippen LogP contribution < -0.4 is 5.32 Å². The first-order valence-corrected chi connectivity index (χ1v) is 7.82. The van der Waals surface area contributed by atoms with E-state index in [0.717, 1.165) is 26.2 Å². The molecule has 2 fully saturated rings. The third-order valence-corrected chi connectivity index (χ3v) is 5.21. The summed E-state index contributed by atoms with van der Waals surface area (Å²) in [5.41, 5.74) is 0.491. The smallest absolute Gasteiger partial charge is 0.0826 e. The topological polar surface area (TPSA) is 24.5 Å². The molecule has 0 saturated carbocycles. The highest BCUT2D eigenvalue weighted by molar-refractivity contribution is 7.99. The standard InChI is InChI=1S/C13H26N2OS/c1-13(2)6-11(9-17-10-13)14-7-12-8-15(3)4-5-16-12/h11-12,14H,4-10H2,1-3H3. The van der Waals surface area contributed by atoms with Crippen LogP contribution in [0.2, 0.25) is 0 Å². The Hall–Kier alpha value is 0.230. The number of hydrogen-bond donors (Lipinski definition) is 1. The summed E-state index contributed by atoms with van der Waals surface area (Å²) in [5.74, 6) is 2.56. The van der Waals surface area contributed by atoms with Gasteiger partial charge in [0, 0.05) is 31.4 Å². The molecule has 2 aliphatic rings. The van der Waals surface area contributed by atoms with E-state index in [1.807, 2.05) is 0 Å². The Morgan fingerprint density at radius 2 is 2.29 bits per heavy atom. The fourth-order valence-electron chi connectivity index (χ4n) is 2.68. The average molecular weight is 258 g/mol. The molecule has 2 rings (SSSR count). The molecular formula is C13H26N2OS. The Balaban J connectivity index is 1.70. The molecule has 2 aliphatic heterocycles. The van der Waals surface area contributed by atoms with Crippen LogP contribution in [0, 0.1) is 5.41 Å². The fourth-order valence-corrected chi connectivity index (χ4v) is 3.99. The van der Waals surface area contributed by atoms with Gasteiger partial charge in [0.15, 0.2) is 0 Å². The van der Waals surface area contributed by atoms with E-state index in [-0.39, 0.29) is 0 Å². The average Bonchev–Trinajstić information content (AvgIpc) is 2.25. The zero-order chi connectivity index (χ0) is 12.3. The molecule has 2 heterocycles. The minimum absolute atomic E-state index is 0.379. The fraction of sp³-hybridized carbons (Fsp3) is 1.00. The zero-order valence-corrected chi connectivity index (χ0v) is 12.2. The van der Waals surface area contributed by atoms with Gasteiger partial charge in [0.2, 0.25) is 0 Å². The summed E-state index contributed by atoms with van der Waals surface area (Å²) in [5, 5.41) is 3.69. The first-order chi connectivity index (χ1) is 8.05. The van der Waals surface area contributed by atoms with Gasteiger partial charge >= 0.3 is 0 Å². The normalized spacial score (nSPS) is 34.8. The van der Waals surface area contributed by atoms with Gasteiger partial charge in [-0.15, -0.1) is 0 Å². The van der Waals surface area contributed by atoms with Gasteiger partial charge in [-0.3, -0.25) is 0 Å². The van der Waals surface area contributed by atoms with Gasteiger partial charge in [-0.05, 0) is 24.6 Å². The van der Waals surface area contributed by atoms with Crippen molar-refractivity contribution >= 4 is 11.8 Å². The van der Waals surface area contributed by atoms with Gasteiger partial charge < -0.3 is 15.0 Å². The molecular weight excluding hydrogens is 232 g/mol. The number of hydrogen-bond acceptors (Lipinski definition) is 4. The van der Waals surface area contributed by atoms with E-state index in [2.05, 4.69) is 42.9 Å². The molecule has 4 heteroatoms. The number of ether oxygens (including phenoxy) is 1. The molecule has 0 aliphatic carbocycles. The molecule has 0 aromatic heterocycles. The lowest BCUT2D eigenvalue weighted by atomic mass is 9.88. The summed E-state index contributed by atoms with van der Waals surface area (Å²) in [4.78, 5) is 2.36. The van der Waals surface area contributed by atoms with E-state index >= 15 is 0 Å². The maximum atomic E-state index is 5.78. The quantitative estimate of drug-likeness (QED) is 0.828. The predicted molar refractivity (Wildman–Crippen MR) is 74.8 cm³/mol. The minimum atomic E-state index is 0.379. The third kappa shape index (κ3) is 4.43. The van der Waals surface area contributed by atoms with Crippen molar-refractivity contribution in [3.8, 4) is 0 Å². The van der Waals surface area contributed by atoms with Crippen molar-refractivity contribution in [3.63, 3.8) is 0 Å². The molecule has 2 unspecified atom stereocenters. The van der Waals surface area contributed by atoms with Gasteiger partial charge in [0.25, 0.3) is 0 Å². The van der Waals surface area contributed by atoms with Gasteiger partial charge in [-0.1, -0.05) is 13.8 Å². The molecule has 0 aromatic rings. The molecule has 0 bridgehead atoms. The lowest BCUT2D eigenvalue weighted by Gasteiger charge is -2.37. The molecule has 0 amide bonds. The molecule has 3 nitrogen and oxygen atoms in total. The van der Waals surface area contributed by atoms with E-state index in [4.69, 9.17) is 4.74 Å².